The van der Waals surface area contributed by atoms with Crippen LogP contribution in [0.15, 0.2) is 18.2 Å². The van der Waals surface area contributed by atoms with Gasteiger partial charge in [-0.05, 0) is 12.1 Å². The molecule has 0 bridgehead atoms. The fourth-order valence-corrected chi connectivity index (χ4v) is 2.50. The van der Waals surface area contributed by atoms with E-state index in [9.17, 15) is 9.18 Å². The summed E-state index contributed by atoms with van der Waals surface area (Å²) < 4.78 is 18.6. The molecular formula is C14H18ClFN2O2. The summed E-state index contributed by atoms with van der Waals surface area (Å²) in [6.07, 6.45) is 0. The number of piperazine rings is 1. The van der Waals surface area contributed by atoms with Crippen molar-refractivity contribution in [3.05, 3.63) is 34.6 Å². The van der Waals surface area contributed by atoms with Crippen LogP contribution in [0.3, 0.4) is 0 Å². The largest absolute Gasteiger partial charge is 0.375 e. The molecule has 0 saturated carbocycles. The average molecular weight is 301 g/mol. The highest BCUT2D eigenvalue weighted by Gasteiger charge is 2.22. The van der Waals surface area contributed by atoms with Crippen LogP contribution in [0.5, 0.6) is 0 Å². The second-order valence-electron chi connectivity index (χ2n) is 4.79. The quantitative estimate of drug-likeness (QED) is 0.849. The lowest BCUT2D eigenvalue weighted by Crippen LogP contribution is -2.49. The lowest BCUT2D eigenvalue weighted by Gasteiger charge is -2.34. The molecule has 4 nitrogen and oxygen atoms in total. The van der Waals surface area contributed by atoms with Gasteiger partial charge in [0.2, 0.25) is 5.91 Å². The van der Waals surface area contributed by atoms with Crippen molar-refractivity contribution < 1.29 is 13.9 Å². The van der Waals surface area contributed by atoms with E-state index < -0.39 is 0 Å². The summed E-state index contributed by atoms with van der Waals surface area (Å²) in [6.45, 7) is 3.26. The van der Waals surface area contributed by atoms with Gasteiger partial charge in [-0.1, -0.05) is 17.7 Å². The lowest BCUT2D eigenvalue weighted by atomic mass is 10.2. The Kier molecular flexibility index (Phi) is 5.34. The molecule has 0 aliphatic carbocycles. The zero-order valence-electron chi connectivity index (χ0n) is 11.4. The maximum Gasteiger partial charge on any atom is 0.248 e. The number of benzene rings is 1. The Morgan fingerprint density at radius 1 is 1.35 bits per heavy atom. The van der Waals surface area contributed by atoms with E-state index in [4.69, 9.17) is 16.3 Å². The minimum atomic E-state index is -0.282. The molecule has 0 spiro atoms. The fourth-order valence-electron chi connectivity index (χ4n) is 2.28. The number of methoxy groups -OCH3 is 1. The number of hydrogen-bond acceptors (Lipinski definition) is 3. The second-order valence-corrected chi connectivity index (χ2v) is 5.20. The second kappa shape index (κ2) is 7.02. The van der Waals surface area contributed by atoms with Gasteiger partial charge in [0.15, 0.2) is 0 Å². The summed E-state index contributed by atoms with van der Waals surface area (Å²) in [7, 11) is 1.51. The molecule has 1 heterocycles. The van der Waals surface area contributed by atoms with Crippen molar-refractivity contribution in [3.63, 3.8) is 0 Å². The van der Waals surface area contributed by atoms with Crippen molar-refractivity contribution >= 4 is 17.5 Å². The van der Waals surface area contributed by atoms with E-state index >= 15 is 0 Å². The van der Waals surface area contributed by atoms with Gasteiger partial charge in [0.25, 0.3) is 0 Å². The van der Waals surface area contributed by atoms with Crippen molar-refractivity contribution in [3.8, 4) is 0 Å². The Morgan fingerprint density at radius 3 is 2.65 bits per heavy atom. The molecule has 20 heavy (non-hydrogen) atoms. The van der Waals surface area contributed by atoms with Gasteiger partial charge in [-0.25, -0.2) is 4.39 Å². The number of amides is 1. The Bertz CT molecular complexity index is 456. The van der Waals surface area contributed by atoms with Crippen molar-refractivity contribution in [2.24, 2.45) is 0 Å². The highest BCUT2D eigenvalue weighted by Crippen LogP contribution is 2.21. The average Bonchev–Trinajstić information content (AvgIpc) is 2.44. The molecule has 1 aromatic carbocycles. The highest BCUT2D eigenvalue weighted by atomic mass is 35.5. The Labute approximate surface area is 123 Å². The fraction of sp³-hybridized carbons (Fsp3) is 0.500. The van der Waals surface area contributed by atoms with E-state index in [1.165, 1.54) is 13.2 Å². The predicted molar refractivity (Wildman–Crippen MR) is 75.1 cm³/mol. The Balaban J connectivity index is 1.90. The molecule has 0 atom stereocenters. The first-order valence-corrected chi connectivity index (χ1v) is 6.91. The van der Waals surface area contributed by atoms with Crippen molar-refractivity contribution in [1.82, 2.24) is 9.80 Å². The first-order chi connectivity index (χ1) is 9.61. The van der Waals surface area contributed by atoms with Gasteiger partial charge in [-0.3, -0.25) is 9.69 Å². The van der Waals surface area contributed by atoms with E-state index in [1.807, 2.05) is 0 Å². The number of ether oxygens (including phenoxy) is 1. The van der Waals surface area contributed by atoms with Crippen LogP contribution in [0.4, 0.5) is 4.39 Å². The lowest BCUT2D eigenvalue weighted by molar-refractivity contribution is -0.136. The third-order valence-corrected chi connectivity index (χ3v) is 3.79. The smallest absolute Gasteiger partial charge is 0.248 e. The van der Waals surface area contributed by atoms with E-state index in [1.54, 1.807) is 17.0 Å². The zero-order chi connectivity index (χ0) is 14.5. The van der Waals surface area contributed by atoms with Crippen LogP contribution in [0.1, 0.15) is 5.56 Å². The SMILES string of the molecule is COCC(=O)N1CCN(Cc2c(F)cccc2Cl)CC1. The van der Waals surface area contributed by atoms with Crippen LogP contribution in [-0.4, -0.2) is 55.6 Å². The maximum absolute atomic E-state index is 13.7. The van der Waals surface area contributed by atoms with Crippen LogP contribution in [-0.2, 0) is 16.1 Å². The molecule has 1 aromatic rings. The molecule has 2 rings (SSSR count). The Morgan fingerprint density at radius 2 is 2.05 bits per heavy atom. The number of nitrogens with zero attached hydrogens (tertiary/aromatic N) is 2. The molecule has 110 valence electrons. The molecule has 0 aromatic heterocycles. The standard InChI is InChI=1S/C14H18ClFN2O2/c1-20-10-14(19)18-7-5-17(6-8-18)9-11-12(15)3-2-4-13(11)16/h2-4H,5-10H2,1H3. The van der Waals surface area contributed by atoms with Crippen LogP contribution in [0.25, 0.3) is 0 Å². The van der Waals surface area contributed by atoms with Crippen molar-refractivity contribution in [2.75, 3.05) is 39.9 Å². The van der Waals surface area contributed by atoms with Crippen molar-refractivity contribution in [1.29, 1.82) is 0 Å². The van der Waals surface area contributed by atoms with Crippen LogP contribution in [0, 0.1) is 5.82 Å². The number of hydrogen-bond donors (Lipinski definition) is 0. The number of rotatable bonds is 4. The number of carbonyl (C=O) groups is 1. The van der Waals surface area contributed by atoms with Gasteiger partial charge < -0.3 is 9.64 Å². The Hall–Kier alpha value is -1.17. The molecule has 1 fully saturated rings. The van der Waals surface area contributed by atoms with E-state index in [2.05, 4.69) is 4.90 Å². The van der Waals surface area contributed by atoms with Crippen molar-refractivity contribution in [2.45, 2.75) is 6.54 Å². The zero-order valence-corrected chi connectivity index (χ0v) is 12.2. The summed E-state index contributed by atoms with van der Waals surface area (Å²) in [4.78, 5) is 15.5. The minimum absolute atomic E-state index is 0.00364. The predicted octanol–water partition coefficient (Wildman–Crippen LogP) is 1.77. The molecule has 0 radical (unpaired) electrons. The topological polar surface area (TPSA) is 32.8 Å². The molecule has 1 saturated heterocycles. The van der Waals surface area contributed by atoms with Gasteiger partial charge in [-0.2, -0.15) is 0 Å². The highest BCUT2D eigenvalue weighted by molar-refractivity contribution is 6.31. The van der Waals surface area contributed by atoms with Crippen LogP contribution in [0.2, 0.25) is 5.02 Å². The van der Waals surface area contributed by atoms with Gasteiger partial charge in [-0.15, -0.1) is 0 Å². The van der Waals surface area contributed by atoms with Gasteiger partial charge in [0.05, 0.1) is 0 Å². The monoisotopic (exact) mass is 300 g/mol. The molecular weight excluding hydrogens is 283 g/mol. The normalized spacial score (nSPS) is 16.4. The summed E-state index contributed by atoms with van der Waals surface area (Å²) in [5.74, 6) is -0.286. The third-order valence-electron chi connectivity index (χ3n) is 3.44. The summed E-state index contributed by atoms with van der Waals surface area (Å²) >= 11 is 6.02. The minimum Gasteiger partial charge on any atom is -0.375 e. The maximum atomic E-state index is 13.7. The van der Waals surface area contributed by atoms with E-state index in [0.29, 0.717) is 43.3 Å². The first-order valence-electron chi connectivity index (χ1n) is 6.53. The number of halogens is 2. The molecule has 1 amide bonds. The molecule has 0 unspecified atom stereocenters. The first kappa shape index (κ1) is 15.2. The third kappa shape index (κ3) is 3.69. The van der Waals surface area contributed by atoms with Crippen LogP contribution >= 0.6 is 11.6 Å². The van der Waals surface area contributed by atoms with Crippen LogP contribution < -0.4 is 0 Å². The van der Waals surface area contributed by atoms with E-state index in [0.717, 1.165) is 0 Å². The van der Waals surface area contributed by atoms with Gasteiger partial charge >= 0.3 is 0 Å². The summed E-state index contributed by atoms with van der Waals surface area (Å²) in [6, 6.07) is 4.71. The molecule has 6 heteroatoms. The van der Waals surface area contributed by atoms with Gasteiger partial charge in [0.1, 0.15) is 12.4 Å². The van der Waals surface area contributed by atoms with E-state index in [-0.39, 0.29) is 18.3 Å². The van der Waals surface area contributed by atoms with Gasteiger partial charge in [0, 0.05) is 50.4 Å². The summed E-state index contributed by atoms with van der Waals surface area (Å²) in [5.41, 5.74) is 0.519. The molecule has 1 aliphatic rings. The molecule has 0 N–H and O–H groups in total. The molecule has 1 aliphatic heterocycles. The number of carbonyl (C=O) groups excluding carboxylic acids is 1. The summed E-state index contributed by atoms with van der Waals surface area (Å²) in [5, 5.41) is 0.447.